The van der Waals surface area contributed by atoms with Crippen molar-refractivity contribution in [2.45, 2.75) is 26.7 Å². The molecular weight excluding hydrogens is 190 g/mol. The van der Waals surface area contributed by atoms with Gasteiger partial charge in [0.25, 0.3) is 0 Å². The molecule has 0 radical (unpaired) electrons. The van der Waals surface area contributed by atoms with E-state index in [1.807, 2.05) is 0 Å². The van der Waals surface area contributed by atoms with Crippen LogP contribution in [0.1, 0.15) is 26.7 Å². The van der Waals surface area contributed by atoms with E-state index >= 15 is 0 Å². The zero-order chi connectivity index (χ0) is 11.3. The lowest BCUT2D eigenvalue weighted by molar-refractivity contribution is 0.0328. The lowest BCUT2D eigenvalue weighted by Gasteiger charge is -2.32. The fourth-order valence-electron chi connectivity index (χ4n) is 2.24. The number of aliphatic hydroxyl groups excluding tert-OH is 1. The summed E-state index contributed by atoms with van der Waals surface area (Å²) in [6.45, 7) is 8.32. The van der Waals surface area contributed by atoms with Crippen LogP contribution < -0.4 is 0 Å². The fraction of sp³-hybridized carbons (Fsp3) is 1.00. The maximum absolute atomic E-state index is 9.20. The van der Waals surface area contributed by atoms with Gasteiger partial charge in [0.1, 0.15) is 0 Å². The van der Waals surface area contributed by atoms with Crippen molar-refractivity contribution >= 4 is 0 Å². The van der Waals surface area contributed by atoms with Gasteiger partial charge in [-0.2, -0.15) is 0 Å². The van der Waals surface area contributed by atoms with Crippen molar-refractivity contribution in [1.29, 1.82) is 0 Å². The minimum Gasteiger partial charge on any atom is -0.396 e. The third-order valence-corrected chi connectivity index (χ3v) is 2.95. The molecule has 0 aliphatic carbocycles. The molecule has 90 valence electrons. The average Bonchev–Trinajstić information content (AvgIpc) is 2.18. The molecule has 0 saturated carbocycles. The van der Waals surface area contributed by atoms with Gasteiger partial charge < -0.3 is 14.7 Å². The molecule has 1 atom stereocenters. The molecule has 0 spiro atoms. The second-order valence-corrected chi connectivity index (χ2v) is 5.60. The van der Waals surface area contributed by atoms with Gasteiger partial charge in [0, 0.05) is 31.7 Å². The predicted octanol–water partition coefficient (Wildman–Crippen LogP) is 1.36. The first-order valence-corrected chi connectivity index (χ1v) is 5.91. The molecule has 1 heterocycles. The first-order valence-electron chi connectivity index (χ1n) is 5.91. The number of rotatable bonds is 5. The van der Waals surface area contributed by atoms with Crippen molar-refractivity contribution in [3.8, 4) is 0 Å². The number of aliphatic hydroxyl groups is 1. The molecular formula is C12H25NO2. The summed E-state index contributed by atoms with van der Waals surface area (Å²) in [5, 5.41) is 9.20. The van der Waals surface area contributed by atoms with Gasteiger partial charge in [-0.05, 0) is 25.8 Å². The van der Waals surface area contributed by atoms with Crippen LogP contribution in [0.5, 0.6) is 0 Å². The zero-order valence-electron chi connectivity index (χ0n) is 10.3. The van der Waals surface area contributed by atoms with Crippen LogP contribution in [0.25, 0.3) is 0 Å². The highest BCUT2D eigenvalue weighted by atomic mass is 16.5. The molecule has 0 aromatic heterocycles. The summed E-state index contributed by atoms with van der Waals surface area (Å²) in [7, 11) is 2.13. The maximum atomic E-state index is 9.20. The van der Waals surface area contributed by atoms with Crippen LogP contribution >= 0.6 is 0 Å². The number of nitrogens with zero attached hydrogens (tertiary/aromatic N) is 1. The standard InChI is InChI=1S/C12H25NO2/c1-12(2,10-14)9-13(3)7-11-5-4-6-15-8-11/h11,14H,4-10H2,1-3H3. The minimum atomic E-state index is 0.00424. The third-order valence-electron chi connectivity index (χ3n) is 2.95. The summed E-state index contributed by atoms with van der Waals surface area (Å²) in [5.74, 6) is 0.679. The van der Waals surface area contributed by atoms with E-state index in [-0.39, 0.29) is 12.0 Å². The average molecular weight is 215 g/mol. The Morgan fingerprint density at radius 2 is 2.20 bits per heavy atom. The Bertz CT molecular complexity index is 176. The van der Waals surface area contributed by atoms with Crippen LogP contribution in [0.4, 0.5) is 0 Å². The number of hydrogen-bond donors (Lipinski definition) is 1. The van der Waals surface area contributed by atoms with Crippen LogP contribution in [0.2, 0.25) is 0 Å². The van der Waals surface area contributed by atoms with Crippen LogP contribution in [-0.2, 0) is 4.74 Å². The van der Waals surface area contributed by atoms with Crippen LogP contribution in [0.15, 0.2) is 0 Å². The van der Waals surface area contributed by atoms with Crippen molar-refractivity contribution in [3.63, 3.8) is 0 Å². The van der Waals surface area contributed by atoms with Crippen molar-refractivity contribution in [1.82, 2.24) is 4.90 Å². The Morgan fingerprint density at radius 1 is 1.47 bits per heavy atom. The highest BCUT2D eigenvalue weighted by Gasteiger charge is 2.21. The van der Waals surface area contributed by atoms with E-state index in [0.717, 1.165) is 26.3 Å². The first kappa shape index (κ1) is 12.9. The summed E-state index contributed by atoms with van der Waals surface area (Å²) < 4.78 is 5.46. The van der Waals surface area contributed by atoms with Gasteiger partial charge in [-0.15, -0.1) is 0 Å². The molecule has 0 aromatic carbocycles. The Balaban J connectivity index is 2.25. The first-order chi connectivity index (χ1) is 7.03. The normalized spacial score (nSPS) is 23.4. The molecule has 1 unspecified atom stereocenters. The second-order valence-electron chi connectivity index (χ2n) is 5.60. The Kier molecular flexibility index (Phi) is 5.03. The van der Waals surface area contributed by atoms with Crippen LogP contribution in [0.3, 0.4) is 0 Å². The van der Waals surface area contributed by atoms with Crippen LogP contribution in [-0.4, -0.2) is 50.0 Å². The van der Waals surface area contributed by atoms with E-state index in [4.69, 9.17) is 4.74 Å². The molecule has 0 aromatic rings. The topological polar surface area (TPSA) is 32.7 Å². The molecule has 3 heteroatoms. The van der Waals surface area contributed by atoms with Crippen molar-refractivity contribution in [2.75, 3.05) is 40.0 Å². The summed E-state index contributed by atoms with van der Waals surface area (Å²) in [6.07, 6.45) is 2.48. The Labute approximate surface area is 93.4 Å². The Hall–Kier alpha value is -0.120. The van der Waals surface area contributed by atoms with Gasteiger partial charge in [0.05, 0.1) is 6.61 Å². The molecule has 1 saturated heterocycles. The summed E-state index contributed by atoms with van der Waals surface area (Å²) >= 11 is 0. The van der Waals surface area contributed by atoms with Gasteiger partial charge in [-0.3, -0.25) is 0 Å². The molecule has 1 N–H and O–H groups in total. The van der Waals surface area contributed by atoms with E-state index in [0.29, 0.717) is 5.92 Å². The molecule has 0 amide bonds. The van der Waals surface area contributed by atoms with E-state index in [1.165, 1.54) is 12.8 Å². The van der Waals surface area contributed by atoms with Gasteiger partial charge in [-0.25, -0.2) is 0 Å². The molecule has 3 nitrogen and oxygen atoms in total. The Morgan fingerprint density at radius 3 is 2.73 bits per heavy atom. The number of ether oxygens (including phenoxy) is 1. The second kappa shape index (κ2) is 5.83. The van der Waals surface area contributed by atoms with E-state index in [2.05, 4.69) is 25.8 Å². The van der Waals surface area contributed by atoms with Gasteiger partial charge >= 0.3 is 0 Å². The quantitative estimate of drug-likeness (QED) is 0.751. The molecule has 1 aliphatic rings. The van der Waals surface area contributed by atoms with Crippen molar-refractivity contribution in [3.05, 3.63) is 0 Å². The van der Waals surface area contributed by atoms with E-state index in [1.54, 1.807) is 0 Å². The molecule has 1 aliphatic heterocycles. The highest BCUT2D eigenvalue weighted by Crippen LogP contribution is 2.18. The molecule has 0 bridgehead atoms. The summed E-state index contributed by atoms with van der Waals surface area (Å²) in [6, 6.07) is 0. The maximum Gasteiger partial charge on any atom is 0.0506 e. The zero-order valence-corrected chi connectivity index (χ0v) is 10.3. The third kappa shape index (κ3) is 4.96. The van der Waals surface area contributed by atoms with E-state index in [9.17, 15) is 5.11 Å². The monoisotopic (exact) mass is 215 g/mol. The lowest BCUT2D eigenvalue weighted by atomic mass is 9.93. The molecule has 1 fully saturated rings. The minimum absolute atomic E-state index is 0.00424. The van der Waals surface area contributed by atoms with Crippen molar-refractivity contribution in [2.24, 2.45) is 11.3 Å². The smallest absolute Gasteiger partial charge is 0.0506 e. The molecule has 15 heavy (non-hydrogen) atoms. The summed E-state index contributed by atoms with van der Waals surface area (Å²) in [5.41, 5.74) is 0.00424. The van der Waals surface area contributed by atoms with Crippen LogP contribution in [0, 0.1) is 11.3 Å². The highest BCUT2D eigenvalue weighted by molar-refractivity contribution is 4.74. The molecule has 1 rings (SSSR count). The fourth-order valence-corrected chi connectivity index (χ4v) is 2.24. The van der Waals surface area contributed by atoms with E-state index < -0.39 is 0 Å². The summed E-state index contributed by atoms with van der Waals surface area (Å²) in [4.78, 5) is 2.32. The largest absolute Gasteiger partial charge is 0.396 e. The van der Waals surface area contributed by atoms with Gasteiger partial charge in [0.15, 0.2) is 0 Å². The van der Waals surface area contributed by atoms with Gasteiger partial charge in [0.2, 0.25) is 0 Å². The lowest BCUT2D eigenvalue weighted by Crippen LogP contribution is -2.38. The number of hydrogen-bond acceptors (Lipinski definition) is 3. The van der Waals surface area contributed by atoms with Crippen molar-refractivity contribution < 1.29 is 9.84 Å². The SMILES string of the molecule is CN(CC1CCCOC1)CC(C)(C)CO. The van der Waals surface area contributed by atoms with Gasteiger partial charge in [-0.1, -0.05) is 13.8 Å². The predicted molar refractivity (Wildman–Crippen MR) is 61.9 cm³/mol.